The summed E-state index contributed by atoms with van der Waals surface area (Å²) in [5.74, 6) is 0. The van der Waals surface area contributed by atoms with Crippen LogP contribution in [0, 0.1) is 5.41 Å². The summed E-state index contributed by atoms with van der Waals surface area (Å²) in [5, 5.41) is 0. The summed E-state index contributed by atoms with van der Waals surface area (Å²) in [4.78, 5) is 0. The highest BCUT2D eigenvalue weighted by Crippen LogP contribution is 2.23. The Morgan fingerprint density at radius 1 is 1.25 bits per heavy atom. The third kappa shape index (κ3) is 4.09. The van der Waals surface area contributed by atoms with Crippen molar-refractivity contribution < 1.29 is 0 Å². The summed E-state index contributed by atoms with van der Waals surface area (Å²) in [7, 11) is 0. The van der Waals surface area contributed by atoms with Crippen LogP contribution in [0.1, 0.15) is 44.7 Å². The van der Waals surface area contributed by atoms with Gasteiger partial charge in [-0.1, -0.05) is 51.6 Å². The smallest absolute Gasteiger partial charge is 0.0317 e. The van der Waals surface area contributed by atoms with E-state index in [1.807, 2.05) is 6.07 Å². The number of benzene rings is 1. The van der Waals surface area contributed by atoms with E-state index in [1.165, 1.54) is 18.4 Å². The van der Waals surface area contributed by atoms with E-state index in [1.54, 1.807) is 0 Å². The standard InChI is InChI=1S/C15H23N/c1-12(16)14-10-6-5-8-13(14)9-7-11-15(2,3)4/h5-6,8,10H,1,7,9,11,16H2,2-4H3. The predicted octanol–water partition coefficient (Wildman–Crippen LogP) is 3.98. The summed E-state index contributed by atoms with van der Waals surface area (Å²) in [5.41, 5.74) is 9.29. The number of aryl methyl sites for hydroxylation is 1. The van der Waals surface area contributed by atoms with E-state index in [2.05, 4.69) is 45.5 Å². The molecule has 0 saturated heterocycles. The van der Waals surface area contributed by atoms with Gasteiger partial charge < -0.3 is 5.73 Å². The van der Waals surface area contributed by atoms with E-state index in [0.717, 1.165) is 12.0 Å². The molecule has 1 heteroatoms. The molecule has 1 aromatic carbocycles. The zero-order valence-corrected chi connectivity index (χ0v) is 10.7. The molecule has 1 nitrogen and oxygen atoms in total. The predicted molar refractivity (Wildman–Crippen MR) is 72.1 cm³/mol. The molecule has 0 heterocycles. The average Bonchev–Trinajstić information content (AvgIpc) is 2.16. The zero-order valence-electron chi connectivity index (χ0n) is 10.7. The Hall–Kier alpha value is -1.24. The lowest BCUT2D eigenvalue weighted by Crippen LogP contribution is -2.06. The molecule has 0 aromatic heterocycles. The third-order valence-corrected chi connectivity index (χ3v) is 2.74. The Labute approximate surface area is 99.4 Å². The quantitative estimate of drug-likeness (QED) is 0.811. The highest BCUT2D eigenvalue weighted by Gasteiger charge is 2.10. The molecule has 0 spiro atoms. The van der Waals surface area contributed by atoms with Crippen LogP contribution in [-0.4, -0.2) is 0 Å². The topological polar surface area (TPSA) is 26.0 Å². The van der Waals surface area contributed by atoms with Crippen molar-refractivity contribution in [3.63, 3.8) is 0 Å². The van der Waals surface area contributed by atoms with Gasteiger partial charge in [0.25, 0.3) is 0 Å². The fourth-order valence-corrected chi connectivity index (χ4v) is 1.86. The lowest BCUT2D eigenvalue weighted by atomic mass is 9.88. The van der Waals surface area contributed by atoms with Crippen molar-refractivity contribution in [1.82, 2.24) is 0 Å². The lowest BCUT2D eigenvalue weighted by molar-refractivity contribution is 0.365. The maximum absolute atomic E-state index is 5.78. The van der Waals surface area contributed by atoms with Crippen LogP contribution in [0.3, 0.4) is 0 Å². The minimum atomic E-state index is 0.411. The molecule has 0 aliphatic rings. The highest BCUT2D eigenvalue weighted by atomic mass is 14.6. The van der Waals surface area contributed by atoms with Gasteiger partial charge in [0.2, 0.25) is 0 Å². The molecule has 16 heavy (non-hydrogen) atoms. The fourth-order valence-electron chi connectivity index (χ4n) is 1.86. The van der Waals surface area contributed by atoms with Gasteiger partial charge in [0.1, 0.15) is 0 Å². The molecular weight excluding hydrogens is 194 g/mol. The maximum atomic E-state index is 5.78. The second-order valence-corrected chi connectivity index (χ2v) is 5.60. The van der Waals surface area contributed by atoms with Crippen LogP contribution in [0.15, 0.2) is 30.8 Å². The summed E-state index contributed by atoms with van der Waals surface area (Å²) < 4.78 is 0. The van der Waals surface area contributed by atoms with Crippen LogP contribution in [-0.2, 0) is 6.42 Å². The van der Waals surface area contributed by atoms with Gasteiger partial charge in [0.05, 0.1) is 0 Å². The van der Waals surface area contributed by atoms with Crippen LogP contribution >= 0.6 is 0 Å². The Morgan fingerprint density at radius 3 is 2.44 bits per heavy atom. The van der Waals surface area contributed by atoms with Crippen molar-refractivity contribution in [3.05, 3.63) is 42.0 Å². The molecule has 2 N–H and O–H groups in total. The van der Waals surface area contributed by atoms with E-state index in [4.69, 9.17) is 5.73 Å². The normalized spacial score (nSPS) is 11.4. The largest absolute Gasteiger partial charge is 0.399 e. The average molecular weight is 217 g/mol. The Morgan fingerprint density at radius 2 is 1.88 bits per heavy atom. The van der Waals surface area contributed by atoms with Crippen molar-refractivity contribution in [2.75, 3.05) is 0 Å². The van der Waals surface area contributed by atoms with Crippen LogP contribution < -0.4 is 5.73 Å². The van der Waals surface area contributed by atoms with Gasteiger partial charge in [-0.05, 0) is 35.8 Å². The fraction of sp³-hybridized carbons (Fsp3) is 0.467. The summed E-state index contributed by atoms with van der Waals surface area (Å²) in [6, 6.07) is 8.28. The summed E-state index contributed by atoms with van der Waals surface area (Å²) in [6.45, 7) is 10.7. The molecule has 0 fully saturated rings. The number of hydrogen-bond acceptors (Lipinski definition) is 1. The number of hydrogen-bond donors (Lipinski definition) is 1. The van der Waals surface area contributed by atoms with E-state index >= 15 is 0 Å². The second-order valence-electron chi connectivity index (χ2n) is 5.60. The molecule has 0 aliphatic heterocycles. The minimum absolute atomic E-state index is 0.411. The molecular formula is C15H23N. The second kappa shape index (κ2) is 5.20. The van der Waals surface area contributed by atoms with Crippen LogP contribution in [0.5, 0.6) is 0 Å². The van der Waals surface area contributed by atoms with E-state index in [0.29, 0.717) is 11.1 Å². The van der Waals surface area contributed by atoms with Crippen molar-refractivity contribution in [2.24, 2.45) is 11.1 Å². The van der Waals surface area contributed by atoms with Gasteiger partial charge in [-0.3, -0.25) is 0 Å². The molecule has 0 aliphatic carbocycles. The van der Waals surface area contributed by atoms with Crippen LogP contribution in [0.2, 0.25) is 0 Å². The van der Waals surface area contributed by atoms with Crippen molar-refractivity contribution in [3.8, 4) is 0 Å². The van der Waals surface area contributed by atoms with Gasteiger partial charge in [0, 0.05) is 5.70 Å². The first-order chi connectivity index (χ1) is 7.40. The van der Waals surface area contributed by atoms with Crippen molar-refractivity contribution in [2.45, 2.75) is 40.0 Å². The summed E-state index contributed by atoms with van der Waals surface area (Å²) in [6.07, 6.45) is 3.52. The molecule has 0 unspecified atom stereocenters. The van der Waals surface area contributed by atoms with Gasteiger partial charge in [-0.2, -0.15) is 0 Å². The minimum Gasteiger partial charge on any atom is -0.399 e. The van der Waals surface area contributed by atoms with Gasteiger partial charge in [0.15, 0.2) is 0 Å². The first-order valence-electron chi connectivity index (χ1n) is 5.93. The van der Waals surface area contributed by atoms with E-state index in [9.17, 15) is 0 Å². The Balaban J connectivity index is 2.64. The van der Waals surface area contributed by atoms with Crippen molar-refractivity contribution >= 4 is 5.70 Å². The van der Waals surface area contributed by atoms with Gasteiger partial charge in [-0.15, -0.1) is 0 Å². The Kier molecular flexibility index (Phi) is 4.17. The van der Waals surface area contributed by atoms with E-state index < -0.39 is 0 Å². The van der Waals surface area contributed by atoms with Crippen molar-refractivity contribution in [1.29, 1.82) is 0 Å². The zero-order chi connectivity index (χ0) is 12.2. The molecule has 0 radical (unpaired) electrons. The monoisotopic (exact) mass is 217 g/mol. The molecule has 1 rings (SSSR count). The van der Waals surface area contributed by atoms with Crippen LogP contribution in [0.4, 0.5) is 0 Å². The maximum Gasteiger partial charge on any atom is 0.0317 e. The van der Waals surface area contributed by atoms with Crippen LogP contribution in [0.25, 0.3) is 5.70 Å². The molecule has 0 bridgehead atoms. The Bertz CT molecular complexity index is 358. The summed E-state index contributed by atoms with van der Waals surface area (Å²) >= 11 is 0. The molecule has 1 aromatic rings. The molecule has 0 saturated carbocycles. The van der Waals surface area contributed by atoms with Gasteiger partial charge >= 0.3 is 0 Å². The molecule has 0 atom stereocenters. The molecule has 88 valence electrons. The molecule has 0 amide bonds. The lowest BCUT2D eigenvalue weighted by Gasteiger charge is -2.18. The van der Waals surface area contributed by atoms with E-state index in [-0.39, 0.29) is 0 Å². The highest BCUT2D eigenvalue weighted by molar-refractivity contribution is 5.63. The first-order valence-corrected chi connectivity index (χ1v) is 5.93. The number of nitrogens with two attached hydrogens (primary N) is 1. The number of rotatable bonds is 4. The van der Waals surface area contributed by atoms with Gasteiger partial charge in [-0.25, -0.2) is 0 Å². The first kappa shape index (κ1) is 12.8. The third-order valence-electron chi connectivity index (χ3n) is 2.74. The SMILES string of the molecule is C=C(N)c1ccccc1CCCC(C)(C)C.